The van der Waals surface area contributed by atoms with Crippen molar-refractivity contribution in [3.8, 4) is 0 Å². The number of aromatic amines is 1. The first-order chi connectivity index (χ1) is 13.9. The molecule has 29 heavy (non-hydrogen) atoms. The maximum Gasteiger partial charge on any atom is 0.307 e. The van der Waals surface area contributed by atoms with Gasteiger partial charge in [-0.1, -0.05) is 12.1 Å². The van der Waals surface area contributed by atoms with Crippen LogP contribution in [0, 0.1) is 12.7 Å². The number of aryl methyl sites for hydroxylation is 1. The molecule has 0 spiro atoms. The zero-order valence-corrected chi connectivity index (χ0v) is 15.4. The van der Waals surface area contributed by atoms with Crippen LogP contribution in [0.2, 0.25) is 0 Å². The van der Waals surface area contributed by atoms with Crippen LogP contribution in [-0.4, -0.2) is 33.1 Å². The molecule has 1 heterocycles. The van der Waals surface area contributed by atoms with Crippen LogP contribution in [0.3, 0.4) is 0 Å². The number of carbonyl (C=O) groups excluding carboxylic acids is 1. The SMILES string of the molecule is Cc1cc(N/C(=N\C(=O)c2ccc(F)cc2)Nc2ccc(CC(=O)O)cc2)[nH]n1. The number of nitrogens with one attached hydrogen (secondary N) is 3. The minimum absolute atomic E-state index is 0.0874. The zero-order valence-electron chi connectivity index (χ0n) is 15.4. The summed E-state index contributed by atoms with van der Waals surface area (Å²) in [6.07, 6.45) is -0.0874. The van der Waals surface area contributed by atoms with E-state index in [1.807, 2.05) is 0 Å². The summed E-state index contributed by atoms with van der Waals surface area (Å²) in [7, 11) is 0. The molecule has 3 rings (SSSR count). The van der Waals surface area contributed by atoms with Gasteiger partial charge >= 0.3 is 5.97 Å². The molecule has 0 bridgehead atoms. The lowest BCUT2D eigenvalue weighted by Crippen LogP contribution is -2.24. The van der Waals surface area contributed by atoms with Crippen LogP contribution < -0.4 is 10.6 Å². The van der Waals surface area contributed by atoms with Crippen LogP contribution in [0.15, 0.2) is 59.6 Å². The number of hydrogen-bond acceptors (Lipinski definition) is 3. The second kappa shape index (κ2) is 8.79. The van der Waals surface area contributed by atoms with Crippen LogP contribution in [0.4, 0.5) is 15.9 Å². The molecular formula is C20H18FN5O3. The number of aromatic nitrogens is 2. The van der Waals surface area contributed by atoms with Crippen LogP contribution in [0.25, 0.3) is 0 Å². The van der Waals surface area contributed by atoms with Gasteiger partial charge in [0.1, 0.15) is 11.6 Å². The molecule has 3 aromatic rings. The highest BCUT2D eigenvalue weighted by Crippen LogP contribution is 2.13. The molecule has 0 aliphatic heterocycles. The van der Waals surface area contributed by atoms with Gasteiger partial charge in [-0.3, -0.25) is 14.7 Å². The quantitative estimate of drug-likeness (QED) is 0.389. The second-order valence-corrected chi connectivity index (χ2v) is 6.21. The van der Waals surface area contributed by atoms with Crippen molar-refractivity contribution < 1.29 is 19.1 Å². The Hall–Kier alpha value is -4.01. The fraction of sp³-hybridized carbons (Fsp3) is 0.100. The van der Waals surface area contributed by atoms with Crippen molar-refractivity contribution in [1.29, 1.82) is 0 Å². The number of nitrogens with zero attached hydrogens (tertiary/aromatic N) is 2. The molecule has 1 aromatic heterocycles. The van der Waals surface area contributed by atoms with Gasteiger partial charge in [0.25, 0.3) is 5.91 Å². The predicted molar refractivity (Wildman–Crippen MR) is 107 cm³/mol. The summed E-state index contributed by atoms with van der Waals surface area (Å²) in [5.41, 5.74) is 2.20. The molecule has 0 fully saturated rings. The molecule has 0 atom stereocenters. The molecule has 9 heteroatoms. The lowest BCUT2D eigenvalue weighted by molar-refractivity contribution is -0.136. The van der Waals surface area contributed by atoms with Crippen molar-refractivity contribution in [2.75, 3.05) is 10.6 Å². The Kier molecular flexibility index (Phi) is 5.98. The first-order valence-corrected chi connectivity index (χ1v) is 8.64. The number of carboxylic acids is 1. The maximum absolute atomic E-state index is 13.1. The summed E-state index contributed by atoms with van der Waals surface area (Å²) < 4.78 is 13.1. The summed E-state index contributed by atoms with van der Waals surface area (Å²) in [5.74, 6) is -1.30. The number of halogens is 1. The minimum atomic E-state index is -0.922. The third kappa shape index (κ3) is 5.73. The lowest BCUT2D eigenvalue weighted by atomic mass is 10.1. The van der Waals surface area contributed by atoms with Crippen LogP contribution in [-0.2, 0) is 11.2 Å². The van der Waals surface area contributed by atoms with E-state index in [0.29, 0.717) is 17.1 Å². The molecule has 4 N–H and O–H groups in total. The van der Waals surface area contributed by atoms with E-state index in [0.717, 1.165) is 5.69 Å². The topological polar surface area (TPSA) is 119 Å². The highest BCUT2D eigenvalue weighted by Gasteiger charge is 2.10. The molecule has 0 unspecified atom stereocenters. The van der Waals surface area contributed by atoms with E-state index in [-0.39, 0.29) is 17.9 Å². The van der Waals surface area contributed by atoms with Crippen molar-refractivity contribution in [3.05, 3.63) is 77.2 Å². The van der Waals surface area contributed by atoms with Gasteiger partial charge in [-0.05, 0) is 48.9 Å². The van der Waals surface area contributed by atoms with Crippen molar-refractivity contribution in [3.63, 3.8) is 0 Å². The number of rotatable bonds is 5. The summed E-state index contributed by atoms with van der Waals surface area (Å²) in [6, 6.07) is 13.5. The normalized spacial score (nSPS) is 11.2. The van der Waals surface area contributed by atoms with Crippen molar-refractivity contribution >= 4 is 29.3 Å². The van der Waals surface area contributed by atoms with E-state index in [1.165, 1.54) is 24.3 Å². The average Bonchev–Trinajstić information content (AvgIpc) is 3.08. The highest BCUT2D eigenvalue weighted by atomic mass is 19.1. The van der Waals surface area contributed by atoms with E-state index in [4.69, 9.17) is 5.11 Å². The summed E-state index contributed by atoms with van der Waals surface area (Å²) in [6.45, 7) is 1.80. The van der Waals surface area contributed by atoms with Crippen molar-refractivity contribution in [2.24, 2.45) is 4.99 Å². The number of carbonyl (C=O) groups is 2. The van der Waals surface area contributed by atoms with E-state index in [2.05, 4.69) is 25.8 Å². The Morgan fingerprint density at radius 3 is 2.38 bits per heavy atom. The number of anilines is 2. The molecule has 0 saturated heterocycles. The fourth-order valence-electron chi connectivity index (χ4n) is 2.48. The summed E-state index contributed by atoms with van der Waals surface area (Å²) >= 11 is 0. The molecule has 0 radical (unpaired) electrons. The number of amides is 1. The molecule has 0 saturated carbocycles. The third-order valence-corrected chi connectivity index (χ3v) is 3.84. The van der Waals surface area contributed by atoms with E-state index < -0.39 is 17.7 Å². The molecular weight excluding hydrogens is 377 g/mol. The molecule has 148 valence electrons. The standard InChI is InChI=1S/C20H18FN5O3/c1-12-10-17(26-25-12)23-20(24-19(29)14-4-6-15(21)7-5-14)22-16-8-2-13(3-9-16)11-18(27)28/h2-10H,11H2,1H3,(H,27,28)(H3,22,23,24,25,26,29). The number of benzene rings is 2. The number of carboxylic acid groups (broad SMARTS) is 1. The van der Waals surface area contributed by atoms with Gasteiger partial charge in [0.15, 0.2) is 0 Å². The van der Waals surface area contributed by atoms with E-state index in [9.17, 15) is 14.0 Å². The average molecular weight is 395 g/mol. The van der Waals surface area contributed by atoms with Gasteiger partial charge < -0.3 is 15.7 Å². The lowest BCUT2D eigenvalue weighted by Gasteiger charge is -2.11. The van der Waals surface area contributed by atoms with Crippen molar-refractivity contribution in [1.82, 2.24) is 10.2 Å². The van der Waals surface area contributed by atoms with Crippen LogP contribution >= 0.6 is 0 Å². The molecule has 1 amide bonds. The third-order valence-electron chi connectivity index (χ3n) is 3.84. The molecule has 0 aliphatic rings. The Balaban J connectivity index is 1.83. The number of aliphatic carboxylic acids is 1. The summed E-state index contributed by atoms with van der Waals surface area (Å²) in [5, 5.41) is 21.5. The van der Waals surface area contributed by atoms with Crippen LogP contribution in [0.5, 0.6) is 0 Å². The molecule has 2 aromatic carbocycles. The Bertz CT molecular complexity index is 1040. The maximum atomic E-state index is 13.1. The number of H-pyrrole nitrogens is 1. The van der Waals surface area contributed by atoms with Gasteiger partial charge in [-0.25, -0.2) is 4.39 Å². The number of guanidine groups is 1. The van der Waals surface area contributed by atoms with Crippen LogP contribution in [0.1, 0.15) is 21.6 Å². The number of hydrogen-bond donors (Lipinski definition) is 4. The van der Waals surface area contributed by atoms with Gasteiger partial charge in [-0.2, -0.15) is 10.1 Å². The van der Waals surface area contributed by atoms with Gasteiger partial charge in [0.2, 0.25) is 5.96 Å². The van der Waals surface area contributed by atoms with E-state index >= 15 is 0 Å². The smallest absolute Gasteiger partial charge is 0.307 e. The fourth-order valence-corrected chi connectivity index (χ4v) is 2.48. The van der Waals surface area contributed by atoms with Gasteiger partial charge in [0.05, 0.1) is 12.1 Å². The largest absolute Gasteiger partial charge is 0.481 e. The monoisotopic (exact) mass is 395 g/mol. The number of aliphatic imine (C=N–C) groups is 1. The summed E-state index contributed by atoms with van der Waals surface area (Å²) in [4.78, 5) is 27.3. The predicted octanol–water partition coefficient (Wildman–Crippen LogP) is 3.20. The first-order valence-electron chi connectivity index (χ1n) is 8.64. The molecule has 0 aliphatic carbocycles. The van der Waals surface area contributed by atoms with Gasteiger partial charge in [0, 0.05) is 17.3 Å². The van der Waals surface area contributed by atoms with Gasteiger partial charge in [-0.15, -0.1) is 0 Å². The Morgan fingerprint density at radius 1 is 1.10 bits per heavy atom. The Morgan fingerprint density at radius 2 is 1.79 bits per heavy atom. The minimum Gasteiger partial charge on any atom is -0.481 e. The molecule has 8 nitrogen and oxygen atoms in total. The zero-order chi connectivity index (χ0) is 20.8. The Labute approximate surface area is 165 Å². The first kappa shape index (κ1) is 19.7. The second-order valence-electron chi connectivity index (χ2n) is 6.21. The highest BCUT2D eigenvalue weighted by molar-refractivity contribution is 6.11. The van der Waals surface area contributed by atoms with E-state index in [1.54, 1.807) is 37.3 Å². The van der Waals surface area contributed by atoms with Crippen molar-refractivity contribution in [2.45, 2.75) is 13.3 Å².